The fourth-order valence-corrected chi connectivity index (χ4v) is 4.45. The minimum Gasteiger partial charge on any atom is -0.266 e. The summed E-state index contributed by atoms with van der Waals surface area (Å²) in [5.74, 6) is -0.253. The van der Waals surface area contributed by atoms with Crippen molar-refractivity contribution < 1.29 is 4.79 Å². The van der Waals surface area contributed by atoms with Crippen molar-refractivity contribution >= 4 is 44.6 Å². The third-order valence-electron chi connectivity index (χ3n) is 4.22. The lowest BCUT2D eigenvalue weighted by atomic mass is 9.90. The van der Waals surface area contributed by atoms with Crippen molar-refractivity contribution in [3.8, 4) is 0 Å². The monoisotopic (exact) mass is 354 g/mol. The molecular weight excluding hydrogens is 340 g/mol. The number of hydrazone groups is 1. The molecule has 1 N–H and O–H groups in total. The van der Waals surface area contributed by atoms with Gasteiger partial charge < -0.3 is 0 Å². The summed E-state index contributed by atoms with van der Waals surface area (Å²) in [6, 6.07) is 16.0. The van der Waals surface area contributed by atoms with Gasteiger partial charge in [0.2, 0.25) is 0 Å². The zero-order chi connectivity index (χ0) is 16.5. The molecule has 0 radical (unpaired) electrons. The molecule has 2 aromatic carbocycles. The van der Waals surface area contributed by atoms with Gasteiger partial charge in [0.05, 0.1) is 10.7 Å². The third-order valence-corrected chi connectivity index (χ3v) is 5.90. The molecule has 0 spiro atoms. The van der Waals surface area contributed by atoms with Crippen LogP contribution in [-0.2, 0) is 6.42 Å². The molecule has 1 aromatic heterocycles. The standard InChI is InChI=1S/C19H15ClN2OS/c20-17-14-9-3-4-11-16(14)24-18(17)19(23)22-21-15-10-5-7-12-6-1-2-8-13(12)15/h1-4,6,8-9,11H,5,7,10H2,(H,22,23)/b21-15-. The van der Waals surface area contributed by atoms with Crippen molar-refractivity contribution in [3.63, 3.8) is 0 Å². The zero-order valence-electron chi connectivity index (χ0n) is 12.9. The summed E-state index contributed by atoms with van der Waals surface area (Å²) in [6.45, 7) is 0. The zero-order valence-corrected chi connectivity index (χ0v) is 14.5. The Labute approximate surface area is 149 Å². The van der Waals surface area contributed by atoms with E-state index in [-0.39, 0.29) is 5.91 Å². The Bertz CT molecular complexity index is 961. The van der Waals surface area contributed by atoms with Crippen molar-refractivity contribution in [2.75, 3.05) is 0 Å². The quantitative estimate of drug-likeness (QED) is 0.644. The van der Waals surface area contributed by atoms with Gasteiger partial charge in [-0.2, -0.15) is 5.10 Å². The van der Waals surface area contributed by atoms with Gasteiger partial charge in [-0.15, -0.1) is 11.3 Å². The highest BCUT2D eigenvalue weighted by Gasteiger charge is 2.18. The van der Waals surface area contributed by atoms with Crippen LogP contribution in [0.1, 0.15) is 33.6 Å². The van der Waals surface area contributed by atoms with Crippen LogP contribution in [0.5, 0.6) is 0 Å². The van der Waals surface area contributed by atoms with Gasteiger partial charge in [0.1, 0.15) is 4.88 Å². The molecule has 0 saturated carbocycles. The van der Waals surface area contributed by atoms with Crippen molar-refractivity contribution in [1.29, 1.82) is 0 Å². The highest BCUT2D eigenvalue weighted by Crippen LogP contribution is 2.35. The van der Waals surface area contributed by atoms with Crippen LogP contribution < -0.4 is 5.43 Å². The van der Waals surface area contributed by atoms with Crippen LogP contribution in [0.25, 0.3) is 10.1 Å². The summed E-state index contributed by atoms with van der Waals surface area (Å²) in [6.07, 6.45) is 2.98. The smallest absolute Gasteiger partial charge is 0.266 e. The first-order valence-electron chi connectivity index (χ1n) is 7.86. The molecule has 0 bridgehead atoms. The molecule has 0 fully saturated rings. The first-order chi connectivity index (χ1) is 11.7. The average molecular weight is 355 g/mol. The number of benzene rings is 2. The lowest BCUT2D eigenvalue weighted by Gasteiger charge is -2.17. The maximum atomic E-state index is 12.5. The molecular formula is C19H15ClN2OS. The Morgan fingerprint density at radius 3 is 2.75 bits per heavy atom. The second-order valence-corrected chi connectivity index (χ2v) is 7.18. The number of carbonyl (C=O) groups excluding carboxylic acids is 1. The summed E-state index contributed by atoms with van der Waals surface area (Å²) < 4.78 is 1.00. The molecule has 1 aliphatic carbocycles. The fourth-order valence-electron chi connectivity index (χ4n) is 3.05. The molecule has 120 valence electrons. The van der Waals surface area contributed by atoms with Gasteiger partial charge in [0.25, 0.3) is 5.91 Å². The summed E-state index contributed by atoms with van der Waals surface area (Å²) in [4.78, 5) is 13.0. The van der Waals surface area contributed by atoms with Crippen LogP contribution in [0.3, 0.4) is 0 Å². The number of fused-ring (bicyclic) bond motifs is 2. The number of halogens is 1. The number of thiophene rings is 1. The van der Waals surface area contributed by atoms with Crippen LogP contribution in [-0.4, -0.2) is 11.6 Å². The molecule has 0 unspecified atom stereocenters. The highest BCUT2D eigenvalue weighted by atomic mass is 35.5. The second-order valence-electron chi connectivity index (χ2n) is 5.75. The molecule has 1 amide bonds. The molecule has 1 aliphatic rings. The lowest BCUT2D eigenvalue weighted by molar-refractivity contribution is 0.0959. The Balaban J connectivity index is 1.62. The number of aryl methyl sites for hydroxylation is 1. The second kappa shape index (κ2) is 6.38. The normalized spacial score (nSPS) is 15.5. The number of amides is 1. The van der Waals surface area contributed by atoms with Gasteiger partial charge in [-0.1, -0.05) is 54.1 Å². The van der Waals surface area contributed by atoms with E-state index in [0.29, 0.717) is 9.90 Å². The van der Waals surface area contributed by atoms with E-state index in [1.807, 2.05) is 36.4 Å². The summed E-state index contributed by atoms with van der Waals surface area (Å²) >= 11 is 7.75. The fraction of sp³-hybridized carbons (Fsp3) is 0.158. The van der Waals surface area contributed by atoms with Crippen LogP contribution in [0.2, 0.25) is 5.02 Å². The van der Waals surface area contributed by atoms with Crippen molar-refractivity contribution in [1.82, 2.24) is 5.43 Å². The van der Waals surface area contributed by atoms with Crippen LogP contribution in [0, 0.1) is 0 Å². The van der Waals surface area contributed by atoms with E-state index in [4.69, 9.17) is 11.6 Å². The Morgan fingerprint density at radius 1 is 1.08 bits per heavy atom. The molecule has 0 aliphatic heterocycles. The molecule has 0 saturated heterocycles. The summed E-state index contributed by atoms with van der Waals surface area (Å²) in [7, 11) is 0. The van der Waals surface area contributed by atoms with Gasteiger partial charge >= 0.3 is 0 Å². The van der Waals surface area contributed by atoms with Gasteiger partial charge in [0.15, 0.2) is 0 Å². The summed E-state index contributed by atoms with van der Waals surface area (Å²) in [5.41, 5.74) is 6.04. The Morgan fingerprint density at radius 2 is 1.88 bits per heavy atom. The lowest BCUT2D eigenvalue weighted by Crippen LogP contribution is -2.21. The minimum atomic E-state index is -0.253. The molecule has 0 atom stereocenters. The number of nitrogens with one attached hydrogen (secondary N) is 1. The van der Waals surface area contributed by atoms with E-state index in [2.05, 4.69) is 22.7 Å². The van der Waals surface area contributed by atoms with Gasteiger partial charge in [-0.05, 0) is 30.9 Å². The van der Waals surface area contributed by atoms with Gasteiger partial charge in [-0.3, -0.25) is 4.79 Å². The first kappa shape index (κ1) is 15.4. The molecule has 3 nitrogen and oxygen atoms in total. The number of rotatable bonds is 2. The SMILES string of the molecule is O=C(N/N=C1/CCCc2ccccc21)c1sc2ccccc2c1Cl. The van der Waals surface area contributed by atoms with E-state index in [9.17, 15) is 4.79 Å². The molecule has 5 heteroatoms. The third kappa shape index (κ3) is 2.72. The molecule has 24 heavy (non-hydrogen) atoms. The van der Waals surface area contributed by atoms with E-state index in [1.54, 1.807) is 0 Å². The largest absolute Gasteiger partial charge is 0.283 e. The highest BCUT2D eigenvalue weighted by molar-refractivity contribution is 7.21. The molecule has 3 aromatic rings. The average Bonchev–Trinajstić information content (AvgIpc) is 2.97. The van der Waals surface area contributed by atoms with Crippen molar-refractivity contribution in [2.45, 2.75) is 19.3 Å². The predicted octanol–water partition coefficient (Wildman–Crippen LogP) is 5.03. The summed E-state index contributed by atoms with van der Waals surface area (Å²) in [5, 5.41) is 5.78. The van der Waals surface area contributed by atoms with Gasteiger partial charge in [-0.25, -0.2) is 5.43 Å². The predicted molar refractivity (Wildman–Crippen MR) is 100 cm³/mol. The van der Waals surface area contributed by atoms with E-state index < -0.39 is 0 Å². The molecule has 4 rings (SSSR count). The first-order valence-corrected chi connectivity index (χ1v) is 9.05. The van der Waals surface area contributed by atoms with Crippen LogP contribution in [0.15, 0.2) is 53.6 Å². The Hall–Kier alpha value is -2.17. The number of hydrogen-bond donors (Lipinski definition) is 1. The van der Waals surface area contributed by atoms with Crippen LogP contribution >= 0.6 is 22.9 Å². The number of carbonyl (C=O) groups is 1. The maximum Gasteiger partial charge on any atom is 0.283 e. The molecule has 1 heterocycles. The number of hydrogen-bond acceptors (Lipinski definition) is 3. The van der Waals surface area contributed by atoms with Crippen LogP contribution in [0.4, 0.5) is 0 Å². The van der Waals surface area contributed by atoms with Gasteiger partial charge in [0, 0.05) is 15.6 Å². The van der Waals surface area contributed by atoms with E-state index >= 15 is 0 Å². The maximum absolute atomic E-state index is 12.5. The minimum absolute atomic E-state index is 0.253. The van der Waals surface area contributed by atoms with Crippen molar-refractivity contribution in [3.05, 3.63) is 69.6 Å². The van der Waals surface area contributed by atoms with E-state index in [1.165, 1.54) is 16.9 Å². The topological polar surface area (TPSA) is 41.5 Å². The number of nitrogens with zero attached hydrogens (tertiary/aromatic N) is 1. The van der Waals surface area contributed by atoms with Crippen molar-refractivity contribution in [2.24, 2.45) is 5.10 Å². The van der Waals surface area contributed by atoms with E-state index in [0.717, 1.165) is 40.6 Å². The Kier molecular flexibility index (Phi) is 4.08.